The average molecular weight is 392 g/mol. The molecule has 7 heteroatoms. The fraction of sp³-hybridized carbons (Fsp3) is 0.136. The van der Waals surface area contributed by atoms with E-state index >= 15 is 0 Å². The molecular weight excluding hydrogens is 371 g/mol. The minimum absolute atomic E-state index is 0.150. The molecule has 3 N–H and O–H groups in total. The van der Waals surface area contributed by atoms with Gasteiger partial charge in [-0.25, -0.2) is 4.39 Å². The number of nitrogens with zero attached hydrogens (tertiary/aromatic N) is 1. The first kappa shape index (κ1) is 20.0. The molecular formula is C22H21FN4O2. The second-order valence-corrected chi connectivity index (χ2v) is 6.48. The van der Waals surface area contributed by atoms with E-state index in [-0.39, 0.29) is 17.6 Å². The first-order valence-electron chi connectivity index (χ1n) is 9.12. The summed E-state index contributed by atoms with van der Waals surface area (Å²) in [6.07, 6.45) is 3.71. The van der Waals surface area contributed by atoms with Gasteiger partial charge in [0.2, 0.25) is 5.91 Å². The Morgan fingerprint density at radius 1 is 0.966 bits per heavy atom. The van der Waals surface area contributed by atoms with Gasteiger partial charge in [-0.2, -0.15) is 0 Å². The molecule has 1 heterocycles. The van der Waals surface area contributed by atoms with Gasteiger partial charge in [0.05, 0.1) is 17.4 Å². The number of amides is 2. The number of carbonyl (C=O) groups excluding carboxylic acids is 2. The van der Waals surface area contributed by atoms with Crippen molar-refractivity contribution in [2.75, 3.05) is 17.2 Å². The topological polar surface area (TPSA) is 83.1 Å². The summed E-state index contributed by atoms with van der Waals surface area (Å²) in [5.74, 6) is -0.672. The van der Waals surface area contributed by atoms with Crippen LogP contribution >= 0.6 is 0 Å². The third-order valence-electron chi connectivity index (χ3n) is 4.08. The monoisotopic (exact) mass is 392 g/mol. The van der Waals surface area contributed by atoms with Gasteiger partial charge in [0, 0.05) is 31.0 Å². The Morgan fingerprint density at radius 2 is 1.72 bits per heavy atom. The van der Waals surface area contributed by atoms with Crippen molar-refractivity contribution in [3.8, 4) is 0 Å². The van der Waals surface area contributed by atoms with E-state index in [4.69, 9.17) is 0 Å². The molecule has 0 unspecified atom stereocenters. The van der Waals surface area contributed by atoms with Crippen LogP contribution in [-0.2, 0) is 11.2 Å². The molecule has 0 atom stereocenters. The van der Waals surface area contributed by atoms with Crippen LogP contribution in [0.2, 0.25) is 0 Å². The van der Waals surface area contributed by atoms with E-state index in [1.165, 1.54) is 25.3 Å². The number of hydrogen-bond acceptors (Lipinski definition) is 4. The molecule has 0 fully saturated rings. The predicted octanol–water partition coefficient (Wildman–Crippen LogP) is 3.90. The minimum Gasteiger partial charge on any atom is -0.354 e. The summed E-state index contributed by atoms with van der Waals surface area (Å²) in [5, 5.41) is 8.73. The quantitative estimate of drug-likeness (QED) is 0.570. The third-order valence-corrected chi connectivity index (χ3v) is 4.08. The summed E-state index contributed by atoms with van der Waals surface area (Å²) < 4.78 is 12.9. The van der Waals surface area contributed by atoms with E-state index in [9.17, 15) is 14.0 Å². The first-order valence-corrected chi connectivity index (χ1v) is 9.12. The first-order chi connectivity index (χ1) is 14.0. The van der Waals surface area contributed by atoms with Crippen molar-refractivity contribution in [1.29, 1.82) is 0 Å². The van der Waals surface area contributed by atoms with Crippen LogP contribution in [0.4, 0.5) is 21.5 Å². The van der Waals surface area contributed by atoms with Gasteiger partial charge in [-0.05, 0) is 48.4 Å². The molecule has 29 heavy (non-hydrogen) atoms. The fourth-order valence-electron chi connectivity index (χ4n) is 2.75. The number of nitrogens with one attached hydrogen (secondary N) is 3. The van der Waals surface area contributed by atoms with Gasteiger partial charge in [0.25, 0.3) is 5.91 Å². The number of aromatic nitrogens is 1. The lowest BCUT2D eigenvalue weighted by molar-refractivity contribution is -0.114. The van der Waals surface area contributed by atoms with Crippen LogP contribution in [0.15, 0.2) is 67.0 Å². The summed E-state index contributed by atoms with van der Waals surface area (Å²) in [7, 11) is 0. The number of anilines is 3. The maximum absolute atomic E-state index is 12.9. The van der Waals surface area contributed by atoms with Crippen LogP contribution in [0.5, 0.6) is 0 Å². The van der Waals surface area contributed by atoms with Crippen molar-refractivity contribution in [3.05, 3.63) is 83.9 Å². The molecule has 148 valence electrons. The van der Waals surface area contributed by atoms with Gasteiger partial charge in [-0.15, -0.1) is 0 Å². The zero-order valence-electron chi connectivity index (χ0n) is 15.9. The van der Waals surface area contributed by atoms with E-state index < -0.39 is 0 Å². The van der Waals surface area contributed by atoms with Crippen LogP contribution in [-0.4, -0.2) is 23.3 Å². The van der Waals surface area contributed by atoms with Gasteiger partial charge in [-0.1, -0.05) is 18.2 Å². The average Bonchev–Trinajstić information content (AvgIpc) is 2.69. The van der Waals surface area contributed by atoms with Crippen molar-refractivity contribution in [2.45, 2.75) is 13.3 Å². The number of carbonyl (C=O) groups is 2. The van der Waals surface area contributed by atoms with Gasteiger partial charge in [0.1, 0.15) is 5.82 Å². The Balaban J connectivity index is 1.59. The van der Waals surface area contributed by atoms with E-state index in [0.717, 1.165) is 11.3 Å². The second-order valence-electron chi connectivity index (χ2n) is 6.48. The Hall–Kier alpha value is -3.74. The maximum atomic E-state index is 12.9. The molecule has 0 aliphatic rings. The second kappa shape index (κ2) is 9.45. The smallest absolute Gasteiger partial charge is 0.252 e. The molecule has 1 aromatic heterocycles. The Morgan fingerprint density at radius 3 is 2.48 bits per heavy atom. The highest BCUT2D eigenvalue weighted by Gasteiger charge is 2.07. The van der Waals surface area contributed by atoms with Crippen LogP contribution in [0.3, 0.4) is 0 Å². The molecule has 0 bridgehead atoms. The molecule has 3 rings (SSSR count). The van der Waals surface area contributed by atoms with Crippen molar-refractivity contribution in [2.24, 2.45) is 0 Å². The number of benzene rings is 2. The summed E-state index contributed by atoms with van der Waals surface area (Å²) in [5.41, 5.74) is 3.44. The van der Waals surface area contributed by atoms with Crippen molar-refractivity contribution >= 4 is 28.9 Å². The van der Waals surface area contributed by atoms with Gasteiger partial charge >= 0.3 is 0 Å². The standard InChI is InChI=1S/C22H21FN4O2/c1-15(28)26-19-3-2-4-20(12-19)27-21-11-17(13-24-14-21)22(29)25-10-9-16-5-7-18(23)8-6-16/h2-8,11-14,27H,9-10H2,1H3,(H,25,29)(H,26,28). The van der Waals surface area contributed by atoms with Gasteiger partial charge < -0.3 is 16.0 Å². The SMILES string of the molecule is CC(=O)Nc1cccc(Nc2cncc(C(=O)NCCc3ccc(F)cc3)c2)c1. The molecule has 0 saturated carbocycles. The highest BCUT2D eigenvalue weighted by Crippen LogP contribution is 2.20. The van der Waals surface area contributed by atoms with E-state index in [1.54, 1.807) is 36.5 Å². The van der Waals surface area contributed by atoms with Crippen LogP contribution in [0.25, 0.3) is 0 Å². The van der Waals surface area contributed by atoms with Crippen molar-refractivity contribution < 1.29 is 14.0 Å². The zero-order chi connectivity index (χ0) is 20.6. The molecule has 0 aliphatic heterocycles. The number of halogens is 1. The van der Waals surface area contributed by atoms with Gasteiger partial charge in [-0.3, -0.25) is 14.6 Å². The molecule has 2 aromatic carbocycles. The van der Waals surface area contributed by atoms with E-state index in [2.05, 4.69) is 20.9 Å². The lowest BCUT2D eigenvalue weighted by Crippen LogP contribution is -2.25. The fourth-order valence-corrected chi connectivity index (χ4v) is 2.75. The summed E-state index contributed by atoms with van der Waals surface area (Å²) in [6.45, 7) is 1.88. The molecule has 0 aliphatic carbocycles. The number of pyridine rings is 1. The molecule has 0 spiro atoms. The molecule has 2 amide bonds. The van der Waals surface area contributed by atoms with Crippen LogP contribution in [0.1, 0.15) is 22.8 Å². The van der Waals surface area contributed by atoms with Gasteiger partial charge in [0.15, 0.2) is 0 Å². The van der Waals surface area contributed by atoms with E-state index in [1.807, 2.05) is 12.1 Å². The highest BCUT2D eigenvalue weighted by molar-refractivity contribution is 5.95. The molecule has 0 saturated heterocycles. The number of rotatable bonds is 7. The molecule has 3 aromatic rings. The maximum Gasteiger partial charge on any atom is 0.252 e. The largest absolute Gasteiger partial charge is 0.354 e. The van der Waals surface area contributed by atoms with Crippen molar-refractivity contribution in [1.82, 2.24) is 10.3 Å². The summed E-state index contributed by atoms with van der Waals surface area (Å²) in [6, 6.07) is 15.1. The predicted molar refractivity (Wildman–Crippen MR) is 111 cm³/mol. The minimum atomic E-state index is -0.282. The Labute approximate surface area is 168 Å². The Bertz CT molecular complexity index is 1010. The lowest BCUT2D eigenvalue weighted by atomic mass is 10.1. The van der Waals surface area contributed by atoms with Crippen LogP contribution in [0, 0.1) is 5.82 Å². The third kappa shape index (κ3) is 6.14. The van der Waals surface area contributed by atoms with E-state index in [0.29, 0.717) is 29.9 Å². The summed E-state index contributed by atoms with van der Waals surface area (Å²) >= 11 is 0. The highest BCUT2D eigenvalue weighted by atomic mass is 19.1. The van der Waals surface area contributed by atoms with Crippen LogP contribution < -0.4 is 16.0 Å². The van der Waals surface area contributed by atoms with Crippen molar-refractivity contribution in [3.63, 3.8) is 0 Å². The normalized spacial score (nSPS) is 10.3. The number of hydrogen-bond donors (Lipinski definition) is 3. The summed E-state index contributed by atoms with van der Waals surface area (Å²) in [4.78, 5) is 27.7. The lowest BCUT2D eigenvalue weighted by Gasteiger charge is -2.10. The zero-order valence-corrected chi connectivity index (χ0v) is 15.9. The Kier molecular flexibility index (Phi) is 6.52. The molecule has 6 nitrogen and oxygen atoms in total. The molecule has 0 radical (unpaired) electrons.